The third kappa shape index (κ3) is 4.94. The second kappa shape index (κ2) is 8.66. The van der Waals surface area contributed by atoms with Crippen LogP contribution in [0, 0.1) is 0 Å². The first-order valence-electron chi connectivity index (χ1n) is 8.34. The Labute approximate surface area is 148 Å². The summed E-state index contributed by atoms with van der Waals surface area (Å²) in [5, 5.41) is 5.94. The number of rotatable bonds is 6. The highest BCUT2D eigenvalue weighted by atomic mass is 32.1. The van der Waals surface area contributed by atoms with E-state index < -0.39 is 0 Å². The number of hydrogen-bond acceptors (Lipinski definition) is 3. The monoisotopic (exact) mass is 341 g/mol. The van der Waals surface area contributed by atoms with Gasteiger partial charge in [0.2, 0.25) is 0 Å². The predicted octanol–water partition coefficient (Wildman–Crippen LogP) is 3.25. The highest BCUT2D eigenvalue weighted by Crippen LogP contribution is 2.15. The summed E-state index contributed by atoms with van der Waals surface area (Å²) in [4.78, 5) is 0. The summed E-state index contributed by atoms with van der Waals surface area (Å²) in [5.41, 5.74) is 5.59. The van der Waals surface area contributed by atoms with Crippen LogP contribution >= 0.6 is 12.2 Å². The second-order valence-electron chi connectivity index (χ2n) is 5.86. The molecule has 0 spiro atoms. The van der Waals surface area contributed by atoms with E-state index in [1.165, 1.54) is 5.56 Å². The van der Waals surface area contributed by atoms with Crippen molar-refractivity contribution in [3.63, 3.8) is 0 Å². The summed E-state index contributed by atoms with van der Waals surface area (Å²) in [5.74, 6) is 0. The first-order valence-corrected chi connectivity index (χ1v) is 8.75. The topological polar surface area (TPSA) is 36.5 Å². The fourth-order valence-electron chi connectivity index (χ4n) is 2.74. The van der Waals surface area contributed by atoms with E-state index in [0.29, 0.717) is 5.11 Å². The van der Waals surface area contributed by atoms with Crippen LogP contribution in [0.2, 0.25) is 0 Å². The Hall–Kier alpha value is -2.11. The molecule has 1 atom stereocenters. The number of nitrogens with one attached hydrogen (secondary N) is 2. The van der Waals surface area contributed by atoms with E-state index in [4.69, 9.17) is 17.0 Å². The smallest absolute Gasteiger partial charge is 0.185 e. The second-order valence-corrected chi connectivity index (χ2v) is 6.27. The number of hydrogen-bond donors (Lipinski definition) is 2. The number of nitrogens with zero attached hydrogens (tertiary/aromatic N) is 1. The standard InChI is InChI=1S/C19H23N3OS/c24-19(20-14-18-12-7-13-23-18)21-22(17-10-5-2-6-11-17)15-16-8-3-1-4-9-16/h1-6,8-11,18H,7,12-15H2,(H2,20,21,24)/t18-/m0/s1. The molecule has 3 rings (SSSR count). The Morgan fingerprint density at radius 1 is 1.08 bits per heavy atom. The molecule has 1 saturated heterocycles. The molecule has 0 aliphatic carbocycles. The van der Waals surface area contributed by atoms with Gasteiger partial charge in [0.25, 0.3) is 0 Å². The summed E-state index contributed by atoms with van der Waals surface area (Å²) >= 11 is 5.46. The number of para-hydroxylation sites is 1. The van der Waals surface area contributed by atoms with Crippen molar-refractivity contribution in [2.45, 2.75) is 25.5 Å². The van der Waals surface area contributed by atoms with Crippen molar-refractivity contribution >= 4 is 23.0 Å². The molecule has 0 amide bonds. The Kier molecular flexibility index (Phi) is 6.04. The van der Waals surface area contributed by atoms with Crippen LogP contribution in [-0.4, -0.2) is 24.4 Å². The van der Waals surface area contributed by atoms with Gasteiger partial charge in [0.15, 0.2) is 5.11 Å². The number of anilines is 1. The molecular weight excluding hydrogens is 318 g/mol. The van der Waals surface area contributed by atoms with Crippen LogP contribution in [0.15, 0.2) is 60.7 Å². The number of benzene rings is 2. The van der Waals surface area contributed by atoms with Gasteiger partial charge in [-0.3, -0.25) is 10.4 Å². The molecule has 1 aliphatic heterocycles. The fourth-order valence-corrected chi connectivity index (χ4v) is 2.94. The van der Waals surface area contributed by atoms with E-state index in [-0.39, 0.29) is 6.10 Å². The Bertz CT molecular complexity index is 630. The van der Waals surface area contributed by atoms with E-state index in [9.17, 15) is 0 Å². The minimum absolute atomic E-state index is 0.268. The number of thiocarbonyl (C=S) groups is 1. The molecule has 0 radical (unpaired) electrons. The van der Waals surface area contributed by atoms with E-state index in [0.717, 1.165) is 38.2 Å². The summed E-state index contributed by atoms with van der Waals surface area (Å²) in [6, 6.07) is 20.5. The lowest BCUT2D eigenvalue weighted by molar-refractivity contribution is 0.114. The van der Waals surface area contributed by atoms with Gasteiger partial charge in [-0.05, 0) is 42.8 Å². The molecule has 0 bridgehead atoms. The molecule has 5 heteroatoms. The van der Waals surface area contributed by atoms with Crippen LogP contribution in [0.3, 0.4) is 0 Å². The zero-order chi connectivity index (χ0) is 16.6. The van der Waals surface area contributed by atoms with Crippen molar-refractivity contribution < 1.29 is 4.74 Å². The van der Waals surface area contributed by atoms with Gasteiger partial charge >= 0.3 is 0 Å². The van der Waals surface area contributed by atoms with Gasteiger partial charge in [-0.15, -0.1) is 0 Å². The molecule has 1 heterocycles. The first kappa shape index (κ1) is 16.7. The maximum atomic E-state index is 5.63. The highest BCUT2D eigenvalue weighted by Gasteiger charge is 2.16. The number of hydrazine groups is 1. The molecule has 24 heavy (non-hydrogen) atoms. The van der Waals surface area contributed by atoms with Crippen molar-refractivity contribution in [2.75, 3.05) is 18.2 Å². The molecule has 0 aromatic heterocycles. The normalized spacial score (nSPS) is 16.6. The molecule has 1 aliphatic rings. The molecule has 126 valence electrons. The Morgan fingerprint density at radius 2 is 1.79 bits per heavy atom. The lowest BCUT2D eigenvalue weighted by Gasteiger charge is -2.27. The van der Waals surface area contributed by atoms with Crippen molar-refractivity contribution in [1.29, 1.82) is 0 Å². The van der Waals surface area contributed by atoms with Crippen LogP contribution < -0.4 is 15.8 Å². The van der Waals surface area contributed by atoms with Gasteiger partial charge in [0, 0.05) is 13.2 Å². The molecular formula is C19H23N3OS. The largest absolute Gasteiger partial charge is 0.376 e. The van der Waals surface area contributed by atoms with Crippen LogP contribution in [0.25, 0.3) is 0 Å². The van der Waals surface area contributed by atoms with Crippen molar-refractivity contribution in [3.8, 4) is 0 Å². The van der Waals surface area contributed by atoms with E-state index in [1.807, 2.05) is 36.4 Å². The summed E-state index contributed by atoms with van der Waals surface area (Å²) < 4.78 is 5.63. The summed E-state index contributed by atoms with van der Waals surface area (Å²) in [6.07, 6.45) is 2.50. The minimum atomic E-state index is 0.268. The lowest BCUT2D eigenvalue weighted by atomic mass is 10.2. The average Bonchev–Trinajstić information content (AvgIpc) is 3.15. The van der Waals surface area contributed by atoms with Gasteiger partial charge < -0.3 is 10.1 Å². The highest BCUT2D eigenvalue weighted by molar-refractivity contribution is 7.80. The zero-order valence-electron chi connectivity index (χ0n) is 13.7. The molecule has 1 fully saturated rings. The van der Waals surface area contributed by atoms with Crippen LogP contribution in [0.1, 0.15) is 18.4 Å². The molecule has 0 saturated carbocycles. The third-order valence-corrected chi connectivity index (χ3v) is 4.24. The lowest BCUT2D eigenvalue weighted by Crippen LogP contribution is -2.48. The van der Waals surface area contributed by atoms with Crippen LogP contribution in [0.5, 0.6) is 0 Å². The van der Waals surface area contributed by atoms with Gasteiger partial charge in [0.1, 0.15) is 0 Å². The zero-order valence-corrected chi connectivity index (χ0v) is 14.5. The molecule has 4 nitrogen and oxygen atoms in total. The van der Waals surface area contributed by atoms with Crippen molar-refractivity contribution in [3.05, 3.63) is 66.2 Å². The van der Waals surface area contributed by atoms with Crippen molar-refractivity contribution in [2.24, 2.45) is 0 Å². The van der Waals surface area contributed by atoms with Crippen LogP contribution in [0.4, 0.5) is 5.69 Å². The predicted molar refractivity (Wildman–Crippen MR) is 102 cm³/mol. The summed E-state index contributed by atoms with van der Waals surface area (Å²) in [6.45, 7) is 2.34. The summed E-state index contributed by atoms with van der Waals surface area (Å²) in [7, 11) is 0. The molecule has 2 aromatic rings. The van der Waals surface area contributed by atoms with Gasteiger partial charge in [-0.1, -0.05) is 48.5 Å². The molecule has 0 unspecified atom stereocenters. The van der Waals surface area contributed by atoms with E-state index in [2.05, 4.69) is 40.0 Å². The fraction of sp³-hybridized carbons (Fsp3) is 0.316. The van der Waals surface area contributed by atoms with Gasteiger partial charge in [-0.25, -0.2) is 0 Å². The van der Waals surface area contributed by atoms with Crippen LogP contribution in [-0.2, 0) is 11.3 Å². The Balaban J connectivity index is 1.62. The van der Waals surface area contributed by atoms with Gasteiger partial charge in [0.05, 0.1) is 18.3 Å². The first-order chi connectivity index (χ1) is 11.8. The van der Waals surface area contributed by atoms with E-state index in [1.54, 1.807) is 0 Å². The number of ether oxygens (including phenoxy) is 1. The average molecular weight is 341 g/mol. The Morgan fingerprint density at radius 3 is 2.46 bits per heavy atom. The quantitative estimate of drug-likeness (QED) is 0.623. The molecule has 2 aromatic carbocycles. The SMILES string of the molecule is S=C(NC[C@@H]1CCCO1)NN(Cc1ccccc1)c1ccccc1. The van der Waals surface area contributed by atoms with Gasteiger partial charge in [-0.2, -0.15) is 0 Å². The van der Waals surface area contributed by atoms with Crippen molar-refractivity contribution in [1.82, 2.24) is 10.7 Å². The van der Waals surface area contributed by atoms with E-state index >= 15 is 0 Å². The minimum Gasteiger partial charge on any atom is -0.376 e. The maximum absolute atomic E-state index is 5.63. The maximum Gasteiger partial charge on any atom is 0.185 e. The third-order valence-electron chi connectivity index (χ3n) is 4.00. The molecule has 2 N–H and O–H groups in total.